The molecule has 0 aliphatic heterocycles. The smallest absolute Gasteiger partial charge is 0.147 e. The second kappa shape index (κ2) is 10.2. The summed E-state index contributed by atoms with van der Waals surface area (Å²) >= 11 is -4.06. The van der Waals surface area contributed by atoms with Gasteiger partial charge in [-0.15, -0.1) is 24.8 Å². The van der Waals surface area contributed by atoms with Gasteiger partial charge in [-0.05, 0) is 0 Å². The minimum Gasteiger partial charge on any atom is -0.147 e. The van der Waals surface area contributed by atoms with Gasteiger partial charge >= 0.3 is 199 Å². The van der Waals surface area contributed by atoms with Crippen LogP contribution in [0, 0.1) is 10.8 Å². The van der Waals surface area contributed by atoms with E-state index in [1.165, 1.54) is 11.1 Å². The van der Waals surface area contributed by atoms with Crippen molar-refractivity contribution < 1.29 is 17.4 Å². The van der Waals surface area contributed by atoms with E-state index in [1.54, 1.807) is 13.1 Å². The van der Waals surface area contributed by atoms with Gasteiger partial charge in [-0.3, -0.25) is 0 Å². The molecule has 2 aliphatic carbocycles. The van der Waals surface area contributed by atoms with Crippen LogP contribution in [0.15, 0.2) is 103 Å². The van der Waals surface area contributed by atoms with E-state index in [0.29, 0.717) is 0 Å². The molecule has 0 amide bonds. The Bertz CT molecular complexity index is 1120. The zero-order chi connectivity index (χ0) is 23.2. The van der Waals surface area contributed by atoms with Crippen molar-refractivity contribution in [3.05, 3.63) is 103 Å². The molecule has 0 saturated carbocycles. The van der Waals surface area contributed by atoms with E-state index in [2.05, 4.69) is 133 Å². The summed E-state index contributed by atoms with van der Waals surface area (Å²) in [5, 5.41) is 0. The molecule has 0 fully saturated rings. The van der Waals surface area contributed by atoms with Gasteiger partial charge < -0.3 is 0 Å². The average Bonchev–Trinajstić information content (AvgIpc) is 3.45. The second-order valence-corrected chi connectivity index (χ2v) is 33.3. The number of halogens is 2. The molecule has 2 aliphatic rings. The first-order valence-electron chi connectivity index (χ1n) is 11.9. The fourth-order valence-electron chi connectivity index (χ4n) is 5.59. The summed E-state index contributed by atoms with van der Waals surface area (Å²) in [7, 11) is 0. The van der Waals surface area contributed by atoms with Crippen LogP contribution in [-0.4, -0.2) is 6.88 Å². The van der Waals surface area contributed by atoms with Gasteiger partial charge in [0.25, 0.3) is 0 Å². The van der Waals surface area contributed by atoms with Gasteiger partial charge in [0.05, 0.1) is 0 Å². The van der Waals surface area contributed by atoms with E-state index in [4.69, 9.17) is 0 Å². The molecule has 0 bridgehead atoms. The minimum atomic E-state index is -4.06. The predicted molar refractivity (Wildman–Crippen MR) is 156 cm³/mol. The fraction of sp³-hybridized carbons (Fsp3) is 0.333. The van der Waals surface area contributed by atoms with Crippen molar-refractivity contribution in [2.75, 3.05) is 0 Å². The Labute approximate surface area is 222 Å². The monoisotopic (exact) mass is 588 g/mol. The van der Waals surface area contributed by atoms with Gasteiger partial charge in [-0.1, -0.05) is 0 Å². The number of rotatable bonds is 4. The SMILES string of the molecule is CC(C)(C)C1=CC[C]([Zr](=[SiH2])([C]2=CC(C(C)(C)C)=CC2)([c]2ccccc2)[c]2ccccc2)=C1.Cl.Cl. The first-order valence-corrected chi connectivity index (χ1v) is 22.8. The molecule has 2 aromatic rings. The van der Waals surface area contributed by atoms with Gasteiger partial charge in [0.15, 0.2) is 0 Å². The molecule has 0 unspecified atom stereocenters. The third-order valence-corrected chi connectivity index (χ3v) is 34.5. The number of hydrogen-bond donors (Lipinski definition) is 0. The molecular weight excluding hydrogens is 551 g/mol. The Morgan fingerprint density at radius 1 is 0.588 bits per heavy atom. The summed E-state index contributed by atoms with van der Waals surface area (Å²) in [5.41, 5.74) is 3.33. The first kappa shape index (κ1) is 29.3. The third-order valence-electron chi connectivity index (χ3n) is 7.71. The van der Waals surface area contributed by atoms with Crippen LogP contribution < -0.4 is 6.54 Å². The Morgan fingerprint density at radius 3 is 1.18 bits per heavy atom. The molecule has 4 rings (SSSR count). The molecule has 0 saturated heterocycles. The van der Waals surface area contributed by atoms with E-state index in [0.717, 1.165) is 12.8 Å². The largest absolute Gasteiger partial charge is 0.147 e. The molecule has 0 nitrogen and oxygen atoms in total. The maximum Gasteiger partial charge on any atom is -0.147 e. The summed E-state index contributed by atoms with van der Waals surface area (Å²) in [6, 6.07) is 23.0. The molecule has 0 atom stereocenters. The summed E-state index contributed by atoms with van der Waals surface area (Å²) in [6.07, 6.45) is 12.4. The topological polar surface area (TPSA) is 0 Å². The van der Waals surface area contributed by atoms with Crippen LogP contribution in [0.4, 0.5) is 0 Å². The van der Waals surface area contributed by atoms with Gasteiger partial charge in [0.2, 0.25) is 0 Å². The van der Waals surface area contributed by atoms with Crippen molar-refractivity contribution in [3.63, 3.8) is 0 Å². The van der Waals surface area contributed by atoms with Gasteiger partial charge in [0.1, 0.15) is 0 Å². The van der Waals surface area contributed by atoms with Crippen LogP contribution in [0.2, 0.25) is 0 Å². The molecule has 0 spiro atoms. The van der Waals surface area contributed by atoms with Crippen LogP contribution >= 0.6 is 24.8 Å². The second-order valence-electron chi connectivity index (χ2n) is 11.8. The molecule has 4 heteroatoms. The number of allylic oxidation sites excluding steroid dienone is 8. The van der Waals surface area contributed by atoms with Crippen molar-refractivity contribution in [1.29, 1.82) is 0 Å². The maximum absolute atomic E-state index is 4.06. The van der Waals surface area contributed by atoms with E-state index in [-0.39, 0.29) is 35.6 Å². The molecular formula is C30H40Cl2SiZr. The fourth-order valence-corrected chi connectivity index (χ4v) is 26.4. The standard InChI is InChI=1S/2C9H13.2C6H5.2ClH.H2Si.Zr/c2*1-9(2,3)8-6-4-5-7-8;2*1-2-4-6-5-3-1;;;;/h2*6-7H,4H2,1-3H3;2*1-5H;2*1H;1H2;. The zero-order valence-electron chi connectivity index (χ0n) is 21.5. The number of benzene rings is 2. The maximum atomic E-state index is 2.61. The summed E-state index contributed by atoms with van der Waals surface area (Å²) in [4.78, 5) is 0. The minimum absolute atomic E-state index is 0. The molecule has 182 valence electrons. The third kappa shape index (κ3) is 4.73. The Kier molecular flexibility index (Phi) is 8.81. The molecule has 0 heterocycles. The van der Waals surface area contributed by atoms with E-state index < -0.39 is 17.4 Å². The molecule has 0 N–H and O–H groups in total. The quantitative estimate of drug-likeness (QED) is 0.330. The predicted octanol–water partition coefficient (Wildman–Crippen LogP) is 7.24. The zero-order valence-corrected chi connectivity index (χ0v) is 27.0. The van der Waals surface area contributed by atoms with Crippen LogP contribution in [0.1, 0.15) is 54.4 Å². The van der Waals surface area contributed by atoms with Crippen LogP contribution in [-0.2, 0) is 17.4 Å². The average molecular weight is 591 g/mol. The number of hydrogen-bond acceptors (Lipinski definition) is 0. The summed E-state index contributed by atoms with van der Waals surface area (Å²) in [5.74, 6) is 0. The van der Waals surface area contributed by atoms with Gasteiger partial charge in [-0.25, -0.2) is 0 Å². The van der Waals surface area contributed by atoms with Crippen LogP contribution in [0.5, 0.6) is 0 Å². The van der Waals surface area contributed by atoms with Crippen LogP contribution in [0.25, 0.3) is 0 Å². The Hall–Kier alpha value is -0.920. The molecule has 34 heavy (non-hydrogen) atoms. The van der Waals surface area contributed by atoms with Crippen molar-refractivity contribution in [1.82, 2.24) is 0 Å². The van der Waals surface area contributed by atoms with Crippen molar-refractivity contribution in [3.8, 4) is 0 Å². The summed E-state index contributed by atoms with van der Waals surface area (Å²) < 4.78 is 6.54. The summed E-state index contributed by atoms with van der Waals surface area (Å²) in [6.45, 7) is 16.5. The Morgan fingerprint density at radius 2 is 0.912 bits per heavy atom. The van der Waals surface area contributed by atoms with Gasteiger partial charge in [0, 0.05) is 0 Å². The van der Waals surface area contributed by atoms with Crippen molar-refractivity contribution >= 4 is 38.2 Å². The normalized spacial score (nSPS) is 16.6. The van der Waals surface area contributed by atoms with Crippen molar-refractivity contribution in [2.45, 2.75) is 54.4 Å². The van der Waals surface area contributed by atoms with E-state index in [9.17, 15) is 0 Å². The van der Waals surface area contributed by atoms with E-state index in [1.807, 2.05) is 0 Å². The molecule has 0 radical (unpaired) electrons. The molecule has 0 aromatic heterocycles. The first-order chi connectivity index (χ1) is 15.0. The van der Waals surface area contributed by atoms with Crippen molar-refractivity contribution in [2.24, 2.45) is 10.8 Å². The van der Waals surface area contributed by atoms with Gasteiger partial charge in [-0.2, -0.15) is 0 Å². The Balaban J connectivity index is 0.00000204. The van der Waals surface area contributed by atoms with E-state index >= 15 is 0 Å². The molecule has 2 aromatic carbocycles. The van der Waals surface area contributed by atoms with Crippen LogP contribution in [0.3, 0.4) is 0 Å².